The highest BCUT2D eigenvalue weighted by Crippen LogP contribution is 2.19. The Morgan fingerprint density at radius 3 is 3.05 bits per heavy atom. The van der Waals surface area contributed by atoms with Gasteiger partial charge in [0.05, 0.1) is 18.5 Å². The van der Waals surface area contributed by atoms with Crippen molar-refractivity contribution in [1.82, 2.24) is 19.9 Å². The first-order valence-corrected chi connectivity index (χ1v) is 7.03. The number of methoxy groups -OCH3 is 1. The van der Waals surface area contributed by atoms with Gasteiger partial charge in [-0.05, 0) is 19.1 Å². The Hall–Kier alpha value is -2.67. The first kappa shape index (κ1) is 14.3. The van der Waals surface area contributed by atoms with Crippen LogP contribution in [-0.2, 0) is 4.74 Å². The molecule has 3 aromatic rings. The summed E-state index contributed by atoms with van der Waals surface area (Å²) in [5, 5.41) is 7.44. The topological polar surface area (TPSA) is 87.8 Å². The molecule has 0 unspecified atom stereocenters. The number of nitrogens with zero attached hydrogens (tertiary/aromatic N) is 3. The largest absolute Gasteiger partial charge is 0.383 e. The van der Waals surface area contributed by atoms with Crippen LogP contribution in [0.2, 0.25) is 0 Å². The molecule has 0 atom stereocenters. The number of aromatic amines is 1. The van der Waals surface area contributed by atoms with Gasteiger partial charge in [0.1, 0.15) is 11.5 Å². The molecule has 0 radical (unpaired) electrons. The molecule has 0 amide bonds. The van der Waals surface area contributed by atoms with E-state index in [-0.39, 0.29) is 0 Å². The first-order chi connectivity index (χ1) is 10.8. The molecule has 3 N–H and O–H groups in total. The average Bonchev–Trinajstić information content (AvgIpc) is 2.98. The minimum absolute atomic E-state index is 0.530. The van der Waals surface area contributed by atoms with Gasteiger partial charge < -0.3 is 20.4 Å². The maximum Gasteiger partial charge on any atom is 0.229 e. The highest BCUT2D eigenvalue weighted by Gasteiger charge is 2.05. The number of aryl methyl sites for hydroxylation is 1. The van der Waals surface area contributed by atoms with Gasteiger partial charge in [-0.1, -0.05) is 0 Å². The maximum absolute atomic E-state index is 5.03. The van der Waals surface area contributed by atoms with Crippen LogP contribution >= 0.6 is 0 Å². The molecular formula is C15H18N6O. The normalized spacial score (nSPS) is 10.8. The monoisotopic (exact) mass is 298 g/mol. The minimum Gasteiger partial charge on any atom is -0.383 e. The van der Waals surface area contributed by atoms with E-state index in [1.807, 2.05) is 25.3 Å². The zero-order valence-electron chi connectivity index (χ0n) is 12.6. The highest BCUT2D eigenvalue weighted by atomic mass is 16.5. The van der Waals surface area contributed by atoms with E-state index in [1.165, 1.54) is 0 Å². The van der Waals surface area contributed by atoms with Crippen molar-refractivity contribution in [2.24, 2.45) is 0 Å². The molecule has 114 valence electrons. The van der Waals surface area contributed by atoms with Crippen LogP contribution in [-0.4, -0.2) is 40.2 Å². The second-order valence-corrected chi connectivity index (χ2v) is 4.91. The maximum atomic E-state index is 5.03. The predicted octanol–water partition coefficient (Wildman–Crippen LogP) is 2.46. The SMILES string of the molecule is COCCNc1nc(Nc2cnc3[nH]ccc3c2)ncc1C. The van der Waals surface area contributed by atoms with E-state index in [9.17, 15) is 0 Å². The first-order valence-electron chi connectivity index (χ1n) is 7.03. The van der Waals surface area contributed by atoms with Gasteiger partial charge in [-0.2, -0.15) is 4.98 Å². The van der Waals surface area contributed by atoms with Gasteiger partial charge in [0.15, 0.2) is 0 Å². The van der Waals surface area contributed by atoms with E-state index in [4.69, 9.17) is 4.74 Å². The Morgan fingerprint density at radius 1 is 1.27 bits per heavy atom. The molecule has 0 saturated carbocycles. The molecule has 0 aliphatic heterocycles. The Kier molecular flexibility index (Phi) is 4.15. The number of hydrogen-bond acceptors (Lipinski definition) is 6. The summed E-state index contributed by atoms with van der Waals surface area (Å²) >= 11 is 0. The van der Waals surface area contributed by atoms with Crippen LogP contribution in [0.3, 0.4) is 0 Å². The zero-order chi connectivity index (χ0) is 15.4. The molecule has 3 aromatic heterocycles. The zero-order valence-corrected chi connectivity index (χ0v) is 12.6. The highest BCUT2D eigenvalue weighted by molar-refractivity contribution is 5.79. The van der Waals surface area contributed by atoms with Crippen molar-refractivity contribution in [3.63, 3.8) is 0 Å². The molecular weight excluding hydrogens is 280 g/mol. The summed E-state index contributed by atoms with van der Waals surface area (Å²) < 4.78 is 5.03. The summed E-state index contributed by atoms with van der Waals surface area (Å²) in [5.74, 6) is 1.33. The van der Waals surface area contributed by atoms with Crippen LogP contribution < -0.4 is 10.6 Å². The van der Waals surface area contributed by atoms with E-state index in [2.05, 4.69) is 30.6 Å². The van der Waals surface area contributed by atoms with E-state index in [0.29, 0.717) is 19.1 Å². The fourth-order valence-corrected chi connectivity index (χ4v) is 2.09. The molecule has 7 nitrogen and oxygen atoms in total. The van der Waals surface area contributed by atoms with Gasteiger partial charge >= 0.3 is 0 Å². The van der Waals surface area contributed by atoms with Gasteiger partial charge in [0, 0.05) is 37.0 Å². The van der Waals surface area contributed by atoms with Gasteiger partial charge in [-0.3, -0.25) is 0 Å². The molecule has 3 heterocycles. The third-order valence-corrected chi connectivity index (χ3v) is 3.23. The Balaban J connectivity index is 1.77. The second-order valence-electron chi connectivity index (χ2n) is 4.91. The predicted molar refractivity (Wildman–Crippen MR) is 86.5 cm³/mol. The van der Waals surface area contributed by atoms with Crippen LogP contribution in [0, 0.1) is 6.92 Å². The average molecular weight is 298 g/mol. The van der Waals surface area contributed by atoms with E-state index in [0.717, 1.165) is 28.1 Å². The van der Waals surface area contributed by atoms with E-state index < -0.39 is 0 Å². The van der Waals surface area contributed by atoms with Crippen LogP contribution in [0.25, 0.3) is 11.0 Å². The quantitative estimate of drug-likeness (QED) is 0.606. The summed E-state index contributed by atoms with van der Waals surface area (Å²) in [5.41, 5.74) is 2.69. The number of fused-ring (bicyclic) bond motifs is 1. The van der Waals surface area contributed by atoms with Crippen LogP contribution in [0.4, 0.5) is 17.5 Å². The van der Waals surface area contributed by atoms with Crippen molar-refractivity contribution >= 4 is 28.5 Å². The van der Waals surface area contributed by atoms with Gasteiger partial charge in [0.2, 0.25) is 5.95 Å². The molecule has 7 heteroatoms. The van der Waals surface area contributed by atoms with Crippen molar-refractivity contribution in [2.45, 2.75) is 6.92 Å². The fraction of sp³-hybridized carbons (Fsp3) is 0.267. The standard InChI is InChI=1S/C15H18N6O/c1-10-8-19-15(21-13(10)17-5-6-22-2)20-12-7-11-3-4-16-14(11)18-9-12/h3-4,7-9H,5-6H2,1-2H3,(H,16,18)(H2,17,19,20,21). The van der Waals surface area contributed by atoms with E-state index >= 15 is 0 Å². The molecule has 0 spiro atoms. The van der Waals surface area contributed by atoms with Crippen LogP contribution in [0.15, 0.2) is 30.7 Å². The van der Waals surface area contributed by atoms with Gasteiger partial charge in [-0.15, -0.1) is 0 Å². The third-order valence-electron chi connectivity index (χ3n) is 3.23. The number of pyridine rings is 1. The number of rotatable bonds is 6. The number of H-pyrrole nitrogens is 1. The summed E-state index contributed by atoms with van der Waals surface area (Å²) in [4.78, 5) is 16.2. The number of ether oxygens (including phenoxy) is 1. The summed E-state index contributed by atoms with van der Waals surface area (Å²) in [7, 11) is 1.67. The van der Waals surface area contributed by atoms with Crippen molar-refractivity contribution in [2.75, 3.05) is 30.9 Å². The molecule has 3 rings (SSSR count). The molecule has 0 bridgehead atoms. The van der Waals surface area contributed by atoms with Crippen LogP contribution in [0.1, 0.15) is 5.56 Å². The second kappa shape index (κ2) is 6.40. The van der Waals surface area contributed by atoms with Crippen molar-refractivity contribution in [1.29, 1.82) is 0 Å². The summed E-state index contributed by atoms with van der Waals surface area (Å²) in [6, 6.07) is 3.97. The van der Waals surface area contributed by atoms with Crippen molar-refractivity contribution in [3.8, 4) is 0 Å². The Labute approximate surface area is 128 Å². The minimum atomic E-state index is 0.530. The molecule has 0 aliphatic rings. The van der Waals surface area contributed by atoms with Gasteiger partial charge in [0.25, 0.3) is 0 Å². The van der Waals surface area contributed by atoms with Gasteiger partial charge in [-0.25, -0.2) is 9.97 Å². The van der Waals surface area contributed by atoms with E-state index in [1.54, 1.807) is 19.5 Å². The lowest BCUT2D eigenvalue weighted by Crippen LogP contribution is -2.11. The summed E-state index contributed by atoms with van der Waals surface area (Å²) in [6.45, 7) is 3.29. The smallest absolute Gasteiger partial charge is 0.229 e. The fourth-order valence-electron chi connectivity index (χ4n) is 2.09. The third kappa shape index (κ3) is 3.15. The van der Waals surface area contributed by atoms with Crippen molar-refractivity contribution < 1.29 is 4.74 Å². The molecule has 22 heavy (non-hydrogen) atoms. The Morgan fingerprint density at radius 2 is 2.18 bits per heavy atom. The molecule has 0 aliphatic carbocycles. The number of nitrogens with one attached hydrogen (secondary N) is 3. The molecule has 0 fully saturated rings. The lowest BCUT2D eigenvalue weighted by molar-refractivity contribution is 0.210. The van der Waals surface area contributed by atoms with Crippen molar-refractivity contribution in [3.05, 3.63) is 36.3 Å². The number of hydrogen-bond donors (Lipinski definition) is 3. The number of anilines is 3. The summed E-state index contributed by atoms with van der Waals surface area (Å²) in [6.07, 6.45) is 5.40. The lowest BCUT2D eigenvalue weighted by Gasteiger charge is -2.10. The van der Waals surface area contributed by atoms with Crippen LogP contribution in [0.5, 0.6) is 0 Å². The molecule has 0 saturated heterocycles. The Bertz CT molecular complexity index is 770. The molecule has 0 aromatic carbocycles. The number of aromatic nitrogens is 4. The lowest BCUT2D eigenvalue weighted by atomic mass is 10.3.